The number of hydrogen-bond acceptors (Lipinski definition) is 4. The predicted octanol–water partition coefficient (Wildman–Crippen LogP) is -0.0838. The number of aryl methyl sites for hydroxylation is 2. The Morgan fingerprint density at radius 1 is 1.47 bits per heavy atom. The van der Waals surface area contributed by atoms with E-state index < -0.39 is 12.1 Å². The molecule has 1 atom stereocenters. The van der Waals surface area contributed by atoms with Crippen LogP contribution in [0.2, 0.25) is 0 Å². The van der Waals surface area contributed by atoms with Gasteiger partial charge in [-0.3, -0.25) is 14.8 Å². The van der Waals surface area contributed by atoms with E-state index in [9.17, 15) is 9.59 Å². The molecule has 0 spiro atoms. The number of hydrogen-bond donors (Lipinski definition) is 3. The first-order chi connectivity index (χ1) is 8.97. The second kappa shape index (κ2) is 6.89. The first-order valence-corrected chi connectivity index (χ1v) is 6.25. The predicted molar refractivity (Wildman–Crippen MR) is 71.5 cm³/mol. The summed E-state index contributed by atoms with van der Waals surface area (Å²) in [7, 11) is 3.33. The van der Waals surface area contributed by atoms with Crippen LogP contribution in [-0.4, -0.2) is 34.8 Å². The fraction of sp³-hybridized carbons (Fsp3) is 0.583. The molecule has 1 aromatic heterocycles. The maximum atomic E-state index is 11.6. The molecule has 0 aliphatic rings. The lowest BCUT2D eigenvalue weighted by molar-refractivity contribution is -0.121. The van der Waals surface area contributed by atoms with Crippen molar-refractivity contribution in [3.8, 4) is 0 Å². The lowest BCUT2D eigenvalue weighted by Gasteiger charge is -2.12. The highest BCUT2D eigenvalue weighted by Crippen LogP contribution is 2.06. The van der Waals surface area contributed by atoms with E-state index in [1.807, 2.05) is 20.2 Å². The van der Waals surface area contributed by atoms with Gasteiger partial charge in [0.25, 0.3) is 0 Å². The number of nitrogens with one attached hydrogen (secondary N) is 3. The molecule has 0 fully saturated rings. The van der Waals surface area contributed by atoms with Crippen LogP contribution in [0.3, 0.4) is 0 Å². The molecule has 1 unspecified atom stereocenters. The Bertz CT molecular complexity index is 455. The maximum Gasteiger partial charge on any atom is 0.321 e. The van der Waals surface area contributed by atoms with Gasteiger partial charge in [-0.1, -0.05) is 6.92 Å². The zero-order valence-corrected chi connectivity index (χ0v) is 11.8. The molecule has 3 N–H and O–H groups in total. The standard InChI is InChI=1S/C12H21N5O2/c1-5-10-9(7-17(4)16-10)6-14-8(2)11(18)15-12(19)13-3/h7-8,14H,5-6H2,1-4H3,(H2,13,15,18,19). The number of urea groups is 1. The molecule has 106 valence electrons. The third kappa shape index (κ3) is 4.36. The molecule has 3 amide bonds. The minimum Gasteiger partial charge on any atom is -0.341 e. The van der Waals surface area contributed by atoms with E-state index in [2.05, 4.69) is 21.0 Å². The molecule has 19 heavy (non-hydrogen) atoms. The fourth-order valence-electron chi connectivity index (χ4n) is 1.67. The summed E-state index contributed by atoms with van der Waals surface area (Å²) in [5.74, 6) is -0.360. The summed E-state index contributed by atoms with van der Waals surface area (Å²) in [6.45, 7) is 4.28. The topological polar surface area (TPSA) is 88.1 Å². The molecule has 7 heteroatoms. The molecule has 1 rings (SSSR count). The number of nitrogens with zero attached hydrogens (tertiary/aromatic N) is 2. The number of carbonyl (C=O) groups excluding carboxylic acids is 2. The zero-order valence-electron chi connectivity index (χ0n) is 11.8. The molecule has 0 saturated carbocycles. The summed E-state index contributed by atoms with van der Waals surface area (Å²) in [4.78, 5) is 22.7. The van der Waals surface area contributed by atoms with E-state index in [4.69, 9.17) is 0 Å². The third-order valence-electron chi connectivity index (χ3n) is 2.78. The minimum atomic E-state index is -0.505. The van der Waals surface area contributed by atoms with Crippen molar-refractivity contribution in [2.24, 2.45) is 7.05 Å². The Hall–Kier alpha value is -1.89. The van der Waals surface area contributed by atoms with Crippen LogP contribution in [0.4, 0.5) is 4.79 Å². The fourth-order valence-corrected chi connectivity index (χ4v) is 1.67. The molecule has 0 aliphatic carbocycles. The minimum absolute atomic E-state index is 0.360. The first kappa shape index (κ1) is 15.2. The summed E-state index contributed by atoms with van der Waals surface area (Å²) >= 11 is 0. The molecular weight excluding hydrogens is 246 g/mol. The largest absolute Gasteiger partial charge is 0.341 e. The van der Waals surface area contributed by atoms with Crippen LogP contribution < -0.4 is 16.0 Å². The first-order valence-electron chi connectivity index (χ1n) is 6.25. The second-order valence-corrected chi connectivity index (χ2v) is 4.30. The van der Waals surface area contributed by atoms with E-state index in [1.54, 1.807) is 11.6 Å². The van der Waals surface area contributed by atoms with E-state index in [1.165, 1.54) is 7.05 Å². The molecule has 7 nitrogen and oxygen atoms in total. The summed E-state index contributed by atoms with van der Waals surface area (Å²) in [6, 6.07) is -0.962. The highest BCUT2D eigenvalue weighted by Gasteiger charge is 2.15. The second-order valence-electron chi connectivity index (χ2n) is 4.30. The van der Waals surface area contributed by atoms with E-state index in [0.29, 0.717) is 6.54 Å². The van der Waals surface area contributed by atoms with E-state index in [-0.39, 0.29) is 5.91 Å². The molecule has 1 aromatic rings. The molecule has 0 saturated heterocycles. The van der Waals surface area contributed by atoms with Crippen molar-refractivity contribution in [2.45, 2.75) is 32.9 Å². The van der Waals surface area contributed by atoms with Crippen LogP contribution in [0.5, 0.6) is 0 Å². The van der Waals surface area contributed by atoms with Gasteiger partial charge >= 0.3 is 6.03 Å². The van der Waals surface area contributed by atoms with Crippen LogP contribution in [0.15, 0.2) is 6.20 Å². The molecular formula is C12H21N5O2. The maximum absolute atomic E-state index is 11.6. The van der Waals surface area contributed by atoms with Gasteiger partial charge in [0, 0.05) is 32.4 Å². The third-order valence-corrected chi connectivity index (χ3v) is 2.78. The number of rotatable bonds is 5. The lowest BCUT2D eigenvalue weighted by Crippen LogP contribution is -2.47. The van der Waals surface area contributed by atoms with Crippen molar-refractivity contribution in [1.82, 2.24) is 25.7 Å². The summed E-state index contributed by atoms with van der Waals surface area (Å²) in [5, 5.41) is 12.0. The summed E-state index contributed by atoms with van der Waals surface area (Å²) in [6.07, 6.45) is 2.77. The Balaban J connectivity index is 2.51. The highest BCUT2D eigenvalue weighted by molar-refractivity contribution is 5.96. The van der Waals surface area contributed by atoms with Crippen molar-refractivity contribution in [3.05, 3.63) is 17.5 Å². The summed E-state index contributed by atoms with van der Waals surface area (Å²) in [5.41, 5.74) is 2.07. The van der Waals surface area contributed by atoms with Gasteiger partial charge in [0.2, 0.25) is 5.91 Å². The lowest BCUT2D eigenvalue weighted by atomic mass is 10.2. The van der Waals surface area contributed by atoms with Crippen LogP contribution in [0.25, 0.3) is 0 Å². The van der Waals surface area contributed by atoms with Gasteiger partial charge in [-0.05, 0) is 13.3 Å². The van der Waals surface area contributed by atoms with E-state index in [0.717, 1.165) is 17.7 Å². The van der Waals surface area contributed by atoms with Gasteiger partial charge in [-0.2, -0.15) is 5.10 Å². The van der Waals surface area contributed by atoms with Crippen LogP contribution in [-0.2, 0) is 24.8 Å². The average molecular weight is 267 g/mol. The van der Waals surface area contributed by atoms with Crippen molar-refractivity contribution in [1.29, 1.82) is 0 Å². The van der Waals surface area contributed by atoms with Gasteiger partial charge in [0.1, 0.15) is 0 Å². The Morgan fingerprint density at radius 3 is 2.74 bits per heavy atom. The van der Waals surface area contributed by atoms with Crippen molar-refractivity contribution >= 4 is 11.9 Å². The molecule has 0 aliphatic heterocycles. The average Bonchev–Trinajstić information content (AvgIpc) is 2.75. The normalized spacial score (nSPS) is 12.0. The number of carbonyl (C=O) groups is 2. The molecule has 1 heterocycles. The van der Waals surface area contributed by atoms with Gasteiger partial charge in [0.15, 0.2) is 0 Å². The number of aromatic nitrogens is 2. The SMILES string of the molecule is CCc1nn(C)cc1CNC(C)C(=O)NC(=O)NC. The van der Waals surface area contributed by atoms with E-state index >= 15 is 0 Å². The monoisotopic (exact) mass is 267 g/mol. The molecule has 0 aromatic carbocycles. The molecule has 0 bridgehead atoms. The zero-order chi connectivity index (χ0) is 14.4. The van der Waals surface area contributed by atoms with Crippen molar-refractivity contribution in [2.75, 3.05) is 7.05 Å². The Kier molecular flexibility index (Phi) is 5.50. The smallest absolute Gasteiger partial charge is 0.321 e. The van der Waals surface area contributed by atoms with Gasteiger partial charge in [-0.25, -0.2) is 4.79 Å². The van der Waals surface area contributed by atoms with Crippen LogP contribution in [0.1, 0.15) is 25.1 Å². The van der Waals surface area contributed by atoms with Crippen LogP contribution >= 0.6 is 0 Å². The van der Waals surface area contributed by atoms with Crippen molar-refractivity contribution < 1.29 is 9.59 Å². The van der Waals surface area contributed by atoms with Gasteiger partial charge in [0.05, 0.1) is 11.7 Å². The Morgan fingerprint density at radius 2 is 2.16 bits per heavy atom. The number of amides is 3. The van der Waals surface area contributed by atoms with Gasteiger partial charge < -0.3 is 10.6 Å². The van der Waals surface area contributed by atoms with Crippen LogP contribution in [0, 0.1) is 0 Å². The quantitative estimate of drug-likeness (QED) is 0.696. The Labute approximate surface area is 112 Å². The number of imide groups is 1. The van der Waals surface area contributed by atoms with Crippen molar-refractivity contribution in [3.63, 3.8) is 0 Å². The molecule has 0 radical (unpaired) electrons. The highest BCUT2D eigenvalue weighted by atomic mass is 16.2. The summed E-state index contributed by atoms with van der Waals surface area (Å²) < 4.78 is 1.76. The van der Waals surface area contributed by atoms with Gasteiger partial charge in [-0.15, -0.1) is 0 Å².